The number of ether oxygens (including phenoxy) is 2. The number of ketones is 1. The number of nitrogens with zero attached hydrogens (tertiary/aromatic N) is 2. The first-order valence-corrected chi connectivity index (χ1v) is 10.1. The summed E-state index contributed by atoms with van der Waals surface area (Å²) in [6, 6.07) is -1.58. The van der Waals surface area contributed by atoms with Gasteiger partial charge < -0.3 is 24.6 Å². The summed E-state index contributed by atoms with van der Waals surface area (Å²) >= 11 is 0. The predicted octanol–water partition coefficient (Wildman–Crippen LogP) is 1.84. The molecule has 3 atom stereocenters. The molecule has 0 aromatic carbocycles. The standard InChI is InChI=1S/C21H39N3O6/c1-13(2)11-16(14(3)25)24(9)17(26)12-23(8)19(27)18(15(4)29-10)22-20(28)30-21(5,6)7/h13,15-16,18H,11-12H2,1-10H3,(H,22,28)/t15-,16+,18+/m1/s1. The number of carbonyl (C=O) groups excluding carboxylic acids is 4. The van der Waals surface area contributed by atoms with Gasteiger partial charge in [-0.1, -0.05) is 13.8 Å². The average molecular weight is 430 g/mol. The molecule has 0 saturated carbocycles. The number of rotatable bonds is 10. The predicted molar refractivity (Wildman–Crippen MR) is 114 cm³/mol. The Morgan fingerprint density at radius 2 is 1.57 bits per heavy atom. The smallest absolute Gasteiger partial charge is 0.408 e. The fourth-order valence-corrected chi connectivity index (χ4v) is 2.80. The second kappa shape index (κ2) is 11.9. The van der Waals surface area contributed by atoms with Crippen molar-refractivity contribution >= 4 is 23.7 Å². The van der Waals surface area contributed by atoms with E-state index in [4.69, 9.17) is 9.47 Å². The highest BCUT2D eigenvalue weighted by molar-refractivity contribution is 5.92. The summed E-state index contributed by atoms with van der Waals surface area (Å²) in [6.07, 6.45) is -0.861. The maximum Gasteiger partial charge on any atom is 0.408 e. The highest BCUT2D eigenvalue weighted by Crippen LogP contribution is 2.13. The Hall–Kier alpha value is -2.16. The largest absolute Gasteiger partial charge is 0.444 e. The van der Waals surface area contributed by atoms with Crippen LogP contribution in [0.2, 0.25) is 0 Å². The number of likely N-dealkylation sites (N-methyl/N-ethyl adjacent to an activating group) is 2. The molecule has 0 fully saturated rings. The van der Waals surface area contributed by atoms with Gasteiger partial charge in [0, 0.05) is 21.2 Å². The summed E-state index contributed by atoms with van der Waals surface area (Å²) in [5, 5.41) is 2.52. The van der Waals surface area contributed by atoms with Crippen molar-refractivity contribution in [2.45, 2.75) is 78.7 Å². The minimum atomic E-state index is -1.03. The fourth-order valence-electron chi connectivity index (χ4n) is 2.80. The highest BCUT2D eigenvalue weighted by atomic mass is 16.6. The zero-order chi connectivity index (χ0) is 23.8. The molecule has 0 unspecified atom stereocenters. The molecule has 0 aromatic heterocycles. The van der Waals surface area contributed by atoms with Crippen LogP contribution < -0.4 is 5.32 Å². The van der Waals surface area contributed by atoms with Crippen LogP contribution in [0.4, 0.5) is 4.79 Å². The van der Waals surface area contributed by atoms with Crippen LogP contribution in [0.15, 0.2) is 0 Å². The van der Waals surface area contributed by atoms with E-state index in [1.54, 1.807) is 34.7 Å². The van der Waals surface area contributed by atoms with Crippen molar-refractivity contribution < 1.29 is 28.7 Å². The molecule has 0 aliphatic carbocycles. The van der Waals surface area contributed by atoms with Gasteiger partial charge in [0.15, 0.2) is 5.78 Å². The zero-order valence-corrected chi connectivity index (χ0v) is 20.1. The highest BCUT2D eigenvalue weighted by Gasteiger charge is 2.33. The first-order chi connectivity index (χ1) is 13.6. The lowest BCUT2D eigenvalue weighted by Gasteiger charge is -2.31. The first-order valence-electron chi connectivity index (χ1n) is 10.1. The topological polar surface area (TPSA) is 105 Å². The number of Topliss-reactive ketones (excluding diaryl/α,β-unsaturated/α-hetero) is 1. The Morgan fingerprint density at radius 1 is 1.03 bits per heavy atom. The number of hydrogen-bond acceptors (Lipinski definition) is 6. The Labute approximate surface area is 180 Å². The van der Waals surface area contributed by atoms with Crippen molar-refractivity contribution in [3.63, 3.8) is 0 Å². The van der Waals surface area contributed by atoms with Crippen LogP contribution in [0.1, 0.15) is 54.9 Å². The van der Waals surface area contributed by atoms with Crippen LogP contribution in [0.3, 0.4) is 0 Å². The molecule has 0 radical (unpaired) electrons. The Kier molecular flexibility index (Phi) is 11.0. The first kappa shape index (κ1) is 27.8. The summed E-state index contributed by atoms with van der Waals surface area (Å²) in [5.74, 6) is -0.738. The van der Waals surface area contributed by atoms with E-state index in [2.05, 4.69) is 5.32 Å². The number of alkyl carbamates (subject to hydrolysis) is 1. The lowest BCUT2D eigenvalue weighted by molar-refractivity contribution is -0.144. The van der Waals surface area contributed by atoms with E-state index < -0.39 is 35.8 Å². The number of nitrogens with one attached hydrogen (secondary N) is 1. The van der Waals surface area contributed by atoms with Gasteiger partial charge in [0.1, 0.15) is 11.6 Å². The molecule has 0 saturated heterocycles. The molecule has 9 heteroatoms. The maximum atomic E-state index is 12.9. The molecular formula is C21H39N3O6. The molecule has 1 N–H and O–H groups in total. The molecule has 0 rings (SSSR count). The van der Waals surface area contributed by atoms with Gasteiger partial charge in [0.2, 0.25) is 11.8 Å². The molecule has 0 spiro atoms. The monoisotopic (exact) mass is 429 g/mol. The molecule has 174 valence electrons. The van der Waals surface area contributed by atoms with Crippen LogP contribution in [-0.4, -0.2) is 85.0 Å². The van der Waals surface area contributed by atoms with Crippen LogP contribution in [0, 0.1) is 5.92 Å². The van der Waals surface area contributed by atoms with Crippen LogP contribution in [0.25, 0.3) is 0 Å². The van der Waals surface area contributed by atoms with Gasteiger partial charge in [0.25, 0.3) is 0 Å². The average Bonchev–Trinajstić information content (AvgIpc) is 2.60. The van der Waals surface area contributed by atoms with E-state index in [0.717, 1.165) is 0 Å². The van der Waals surface area contributed by atoms with Crippen molar-refractivity contribution in [3.05, 3.63) is 0 Å². The third-order valence-electron chi connectivity index (χ3n) is 4.55. The van der Waals surface area contributed by atoms with Crippen molar-refractivity contribution in [1.82, 2.24) is 15.1 Å². The van der Waals surface area contributed by atoms with Crippen LogP contribution in [0.5, 0.6) is 0 Å². The summed E-state index contributed by atoms with van der Waals surface area (Å²) in [4.78, 5) is 52.3. The number of amides is 3. The molecular weight excluding hydrogens is 390 g/mol. The lowest BCUT2D eigenvalue weighted by Crippen LogP contribution is -2.56. The van der Waals surface area contributed by atoms with Gasteiger partial charge >= 0.3 is 6.09 Å². The van der Waals surface area contributed by atoms with Gasteiger partial charge in [-0.2, -0.15) is 0 Å². The van der Waals surface area contributed by atoms with Crippen molar-refractivity contribution in [2.24, 2.45) is 5.92 Å². The summed E-state index contributed by atoms with van der Waals surface area (Å²) in [7, 11) is 4.44. The third-order valence-corrected chi connectivity index (χ3v) is 4.55. The normalized spacial score (nSPS) is 14.5. The SMILES string of the molecule is CO[C@H](C)[C@H](NC(=O)OC(C)(C)C)C(=O)N(C)CC(=O)N(C)[C@@H](CC(C)C)C(C)=O. The molecule has 3 amide bonds. The Bertz CT molecular complexity index is 614. The van der Waals surface area contributed by atoms with Gasteiger partial charge in [0.05, 0.1) is 18.7 Å². The summed E-state index contributed by atoms with van der Waals surface area (Å²) < 4.78 is 10.4. The number of carbonyl (C=O) groups is 4. The zero-order valence-electron chi connectivity index (χ0n) is 20.1. The minimum Gasteiger partial charge on any atom is -0.444 e. The van der Waals surface area contributed by atoms with Gasteiger partial charge in [-0.3, -0.25) is 14.4 Å². The second-order valence-corrected chi connectivity index (χ2v) is 9.02. The quantitative estimate of drug-likeness (QED) is 0.568. The molecule has 0 heterocycles. The van der Waals surface area contributed by atoms with Crippen molar-refractivity contribution in [1.29, 1.82) is 0 Å². The van der Waals surface area contributed by atoms with E-state index in [1.165, 1.54) is 30.9 Å². The lowest BCUT2D eigenvalue weighted by atomic mass is 9.99. The van der Waals surface area contributed by atoms with Gasteiger partial charge in [-0.05, 0) is 47.0 Å². The Morgan fingerprint density at radius 3 is 1.97 bits per heavy atom. The number of methoxy groups -OCH3 is 1. The minimum absolute atomic E-state index is 0.106. The van der Waals surface area contributed by atoms with Crippen LogP contribution >= 0.6 is 0 Å². The van der Waals surface area contributed by atoms with E-state index in [9.17, 15) is 19.2 Å². The van der Waals surface area contributed by atoms with E-state index in [1.807, 2.05) is 13.8 Å². The second-order valence-electron chi connectivity index (χ2n) is 9.02. The van der Waals surface area contributed by atoms with Crippen molar-refractivity contribution in [3.8, 4) is 0 Å². The third kappa shape index (κ3) is 9.56. The molecule has 30 heavy (non-hydrogen) atoms. The van der Waals surface area contributed by atoms with E-state index in [-0.39, 0.29) is 24.2 Å². The van der Waals surface area contributed by atoms with Gasteiger partial charge in [-0.25, -0.2) is 4.79 Å². The molecule has 0 aliphatic rings. The molecule has 0 bridgehead atoms. The van der Waals surface area contributed by atoms with Crippen LogP contribution in [-0.2, 0) is 23.9 Å². The summed E-state index contributed by atoms with van der Waals surface area (Å²) in [5.41, 5.74) is -0.726. The van der Waals surface area contributed by atoms with E-state index >= 15 is 0 Å². The molecule has 0 aliphatic heterocycles. The molecule has 9 nitrogen and oxygen atoms in total. The number of hydrogen-bond donors (Lipinski definition) is 1. The fraction of sp³-hybridized carbons (Fsp3) is 0.810. The van der Waals surface area contributed by atoms with Gasteiger partial charge in [-0.15, -0.1) is 0 Å². The maximum absolute atomic E-state index is 12.9. The van der Waals surface area contributed by atoms with Crippen molar-refractivity contribution in [2.75, 3.05) is 27.7 Å². The van der Waals surface area contributed by atoms with E-state index in [0.29, 0.717) is 6.42 Å². The Balaban J connectivity index is 5.27. The molecule has 0 aromatic rings. The summed E-state index contributed by atoms with van der Waals surface area (Å²) in [6.45, 7) is 11.9.